The second-order valence-electron chi connectivity index (χ2n) is 4.15. The van der Waals surface area contributed by atoms with Crippen LogP contribution in [0.25, 0.3) is 10.8 Å². The van der Waals surface area contributed by atoms with Gasteiger partial charge in [0.2, 0.25) is 0 Å². The van der Waals surface area contributed by atoms with Crippen molar-refractivity contribution in [3.63, 3.8) is 0 Å². The van der Waals surface area contributed by atoms with Gasteiger partial charge in [-0.05, 0) is 16.3 Å². The Morgan fingerprint density at radius 1 is 1.06 bits per heavy atom. The van der Waals surface area contributed by atoms with Crippen molar-refractivity contribution in [1.82, 2.24) is 0 Å². The minimum atomic E-state index is -0.0852. The number of hydrogen-bond donors (Lipinski definition) is 0. The van der Waals surface area contributed by atoms with E-state index in [1.54, 1.807) is 0 Å². The van der Waals surface area contributed by atoms with E-state index < -0.39 is 0 Å². The fourth-order valence-electron chi connectivity index (χ4n) is 2.32. The molecule has 1 heterocycles. The lowest BCUT2D eigenvalue weighted by atomic mass is 9.93. The van der Waals surface area contributed by atoms with Crippen LogP contribution in [0.15, 0.2) is 42.5 Å². The highest BCUT2D eigenvalue weighted by molar-refractivity contribution is 5.87. The van der Waals surface area contributed by atoms with Gasteiger partial charge in [0.05, 0.1) is 13.0 Å². The normalized spacial score (nSPS) is 20.0. The SMILES string of the molecule is O=C1C[C@@H](c2cccc3ccccc23)CO1. The van der Waals surface area contributed by atoms with Gasteiger partial charge >= 0.3 is 5.97 Å². The van der Waals surface area contributed by atoms with Crippen LogP contribution in [0.5, 0.6) is 0 Å². The first kappa shape index (κ1) is 9.40. The Morgan fingerprint density at radius 3 is 2.69 bits per heavy atom. The summed E-state index contributed by atoms with van der Waals surface area (Å²) < 4.78 is 5.03. The number of hydrogen-bond acceptors (Lipinski definition) is 2. The number of esters is 1. The first-order valence-corrected chi connectivity index (χ1v) is 5.48. The van der Waals surface area contributed by atoms with Crippen LogP contribution in [0.1, 0.15) is 17.9 Å². The van der Waals surface area contributed by atoms with Gasteiger partial charge in [-0.25, -0.2) is 0 Å². The molecule has 16 heavy (non-hydrogen) atoms. The summed E-state index contributed by atoms with van der Waals surface area (Å²) >= 11 is 0. The van der Waals surface area contributed by atoms with Crippen molar-refractivity contribution < 1.29 is 9.53 Å². The summed E-state index contributed by atoms with van der Waals surface area (Å²) in [6, 6.07) is 14.5. The smallest absolute Gasteiger partial charge is 0.306 e. The Labute approximate surface area is 93.8 Å². The van der Waals surface area contributed by atoms with Crippen molar-refractivity contribution >= 4 is 16.7 Å². The lowest BCUT2D eigenvalue weighted by Crippen LogP contribution is -1.98. The van der Waals surface area contributed by atoms with Crippen molar-refractivity contribution in [2.75, 3.05) is 6.61 Å². The van der Waals surface area contributed by atoms with Gasteiger partial charge in [-0.3, -0.25) is 4.79 Å². The Kier molecular flexibility index (Phi) is 2.13. The fourth-order valence-corrected chi connectivity index (χ4v) is 2.32. The van der Waals surface area contributed by atoms with Gasteiger partial charge in [0.25, 0.3) is 0 Å². The number of cyclic esters (lactones) is 1. The molecule has 0 aromatic heterocycles. The van der Waals surface area contributed by atoms with Crippen LogP contribution in [-0.4, -0.2) is 12.6 Å². The molecular weight excluding hydrogens is 200 g/mol. The Morgan fingerprint density at radius 2 is 1.88 bits per heavy atom. The van der Waals surface area contributed by atoms with Gasteiger partial charge in [0.1, 0.15) is 0 Å². The zero-order valence-electron chi connectivity index (χ0n) is 8.85. The second kappa shape index (κ2) is 3.63. The summed E-state index contributed by atoms with van der Waals surface area (Å²) in [4.78, 5) is 11.1. The topological polar surface area (TPSA) is 26.3 Å². The molecule has 0 unspecified atom stereocenters. The summed E-state index contributed by atoms with van der Waals surface area (Å²) in [5.41, 5.74) is 1.23. The van der Waals surface area contributed by atoms with Crippen LogP contribution >= 0.6 is 0 Å². The van der Waals surface area contributed by atoms with Gasteiger partial charge in [0.15, 0.2) is 0 Å². The number of ether oxygens (including phenoxy) is 1. The molecule has 0 amide bonds. The van der Waals surface area contributed by atoms with Crippen LogP contribution < -0.4 is 0 Å². The highest BCUT2D eigenvalue weighted by atomic mass is 16.5. The molecule has 3 rings (SSSR count). The standard InChI is InChI=1S/C14H12O2/c15-14-8-11(9-16-14)13-7-3-5-10-4-1-2-6-12(10)13/h1-7,11H,8-9H2/t11-/m1/s1. The van der Waals surface area contributed by atoms with E-state index in [1.165, 1.54) is 16.3 Å². The van der Waals surface area contributed by atoms with E-state index in [-0.39, 0.29) is 11.9 Å². The van der Waals surface area contributed by atoms with Gasteiger partial charge < -0.3 is 4.74 Å². The van der Waals surface area contributed by atoms with E-state index in [1.807, 2.05) is 18.2 Å². The molecule has 1 aliphatic heterocycles. The Bertz CT molecular complexity index is 540. The number of benzene rings is 2. The predicted octanol–water partition coefficient (Wildman–Crippen LogP) is 2.87. The average molecular weight is 212 g/mol. The molecule has 0 spiro atoms. The largest absolute Gasteiger partial charge is 0.465 e. The zero-order valence-corrected chi connectivity index (χ0v) is 8.85. The molecule has 0 radical (unpaired) electrons. The van der Waals surface area contributed by atoms with E-state index >= 15 is 0 Å². The summed E-state index contributed by atoms with van der Waals surface area (Å²) in [6.07, 6.45) is 0.508. The first-order valence-electron chi connectivity index (χ1n) is 5.48. The number of fused-ring (bicyclic) bond motifs is 1. The fraction of sp³-hybridized carbons (Fsp3) is 0.214. The van der Waals surface area contributed by atoms with Gasteiger partial charge in [-0.1, -0.05) is 42.5 Å². The molecule has 2 heteroatoms. The molecule has 1 fully saturated rings. The number of rotatable bonds is 1. The minimum Gasteiger partial charge on any atom is -0.465 e. The third kappa shape index (κ3) is 1.47. The van der Waals surface area contributed by atoms with Crippen LogP contribution in [0.3, 0.4) is 0 Å². The summed E-state index contributed by atoms with van der Waals surface area (Å²) in [5, 5.41) is 2.45. The molecule has 1 atom stereocenters. The molecule has 0 N–H and O–H groups in total. The van der Waals surface area contributed by atoms with Crippen LogP contribution in [0, 0.1) is 0 Å². The van der Waals surface area contributed by atoms with Crippen LogP contribution in [0.2, 0.25) is 0 Å². The van der Waals surface area contributed by atoms with Crippen molar-refractivity contribution in [2.45, 2.75) is 12.3 Å². The van der Waals surface area contributed by atoms with Gasteiger partial charge in [-0.2, -0.15) is 0 Å². The van der Waals surface area contributed by atoms with E-state index in [0.29, 0.717) is 13.0 Å². The van der Waals surface area contributed by atoms with Crippen molar-refractivity contribution in [1.29, 1.82) is 0 Å². The molecule has 2 aromatic carbocycles. The van der Waals surface area contributed by atoms with Crippen molar-refractivity contribution in [3.8, 4) is 0 Å². The quantitative estimate of drug-likeness (QED) is 0.679. The Hall–Kier alpha value is -1.83. The lowest BCUT2D eigenvalue weighted by molar-refractivity contribution is -0.137. The van der Waals surface area contributed by atoms with E-state index in [0.717, 1.165) is 0 Å². The average Bonchev–Trinajstić information content (AvgIpc) is 2.75. The lowest BCUT2D eigenvalue weighted by Gasteiger charge is -2.10. The molecule has 2 nitrogen and oxygen atoms in total. The molecule has 1 saturated heterocycles. The predicted molar refractivity (Wildman–Crippen MR) is 62.3 cm³/mol. The maximum absolute atomic E-state index is 11.1. The molecule has 0 saturated carbocycles. The molecule has 0 aliphatic carbocycles. The van der Waals surface area contributed by atoms with Crippen molar-refractivity contribution in [2.24, 2.45) is 0 Å². The van der Waals surface area contributed by atoms with Gasteiger partial charge in [-0.15, -0.1) is 0 Å². The third-order valence-corrected chi connectivity index (χ3v) is 3.12. The molecule has 1 aliphatic rings. The van der Waals surface area contributed by atoms with E-state index in [4.69, 9.17) is 4.74 Å². The summed E-state index contributed by atoms with van der Waals surface area (Å²) in [6.45, 7) is 0.521. The number of carbonyl (C=O) groups is 1. The third-order valence-electron chi connectivity index (χ3n) is 3.12. The highest BCUT2D eigenvalue weighted by Gasteiger charge is 2.26. The molecule has 2 aromatic rings. The van der Waals surface area contributed by atoms with Gasteiger partial charge in [0, 0.05) is 5.92 Å². The zero-order chi connectivity index (χ0) is 11.0. The number of carbonyl (C=O) groups excluding carboxylic acids is 1. The summed E-state index contributed by atoms with van der Waals surface area (Å²) in [5.74, 6) is 0.136. The monoisotopic (exact) mass is 212 g/mol. The maximum atomic E-state index is 11.1. The summed E-state index contributed by atoms with van der Waals surface area (Å²) in [7, 11) is 0. The molecule has 80 valence electrons. The van der Waals surface area contributed by atoms with Crippen LogP contribution in [-0.2, 0) is 9.53 Å². The maximum Gasteiger partial charge on any atom is 0.306 e. The van der Waals surface area contributed by atoms with Crippen molar-refractivity contribution in [3.05, 3.63) is 48.0 Å². The molecule has 0 bridgehead atoms. The first-order chi connectivity index (χ1) is 7.84. The van der Waals surface area contributed by atoms with Crippen LogP contribution in [0.4, 0.5) is 0 Å². The second-order valence-corrected chi connectivity index (χ2v) is 4.15. The Balaban J connectivity index is 2.13. The van der Waals surface area contributed by atoms with E-state index in [9.17, 15) is 4.79 Å². The minimum absolute atomic E-state index is 0.0852. The van der Waals surface area contributed by atoms with E-state index in [2.05, 4.69) is 24.3 Å². The molecular formula is C14H12O2. The highest BCUT2D eigenvalue weighted by Crippen LogP contribution is 2.31.